The predicted molar refractivity (Wildman–Crippen MR) is 73.8 cm³/mol. The van der Waals surface area contributed by atoms with Gasteiger partial charge in [-0.15, -0.1) is 5.10 Å². The SMILES string of the molecule is CCOC(C)Cn1nnnc1-c1ccc(Cl)cc1N. The van der Waals surface area contributed by atoms with Gasteiger partial charge in [0.1, 0.15) is 0 Å². The molecule has 1 aromatic carbocycles. The van der Waals surface area contributed by atoms with Crippen LogP contribution in [0.5, 0.6) is 0 Å². The van der Waals surface area contributed by atoms with E-state index in [0.717, 1.165) is 5.56 Å². The fourth-order valence-corrected chi connectivity index (χ4v) is 2.02. The maximum atomic E-state index is 5.95. The van der Waals surface area contributed by atoms with Crippen molar-refractivity contribution in [3.8, 4) is 11.4 Å². The number of benzene rings is 1. The molecule has 2 rings (SSSR count). The van der Waals surface area contributed by atoms with Gasteiger partial charge in [0.15, 0.2) is 5.82 Å². The lowest BCUT2D eigenvalue weighted by Crippen LogP contribution is -2.18. The molecule has 0 aliphatic heterocycles. The normalized spacial score (nSPS) is 12.6. The average molecular weight is 282 g/mol. The van der Waals surface area contributed by atoms with Crippen LogP contribution in [-0.2, 0) is 11.3 Å². The number of ether oxygens (including phenoxy) is 1. The number of nitrogens with zero attached hydrogens (tertiary/aromatic N) is 4. The zero-order valence-electron chi connectivity index (χ0n) is 10.9. The maximum Gasteiger partial charge on any atom is 0.184 e. The van der Waals surface area contributed by atoms with Gasteiger partial charge in [0.2, 0.25) is 0 Å². The topological polar surface area (TPSA) is 78.8 Å². The Kier molecular flexibility index (Phi) is 4.34. The highest BCUT2D eigenvalue weighted by atomic mass is 35.5. The van der Waals surface area contributed by atoms with Crippen LogP contribution in [-0.4, -0.2) is 32.9 Å². The van der Waals surface area contributed by atoms with Crippen molar-refractivity contribution in [2.45, 2.75) is 26.5 Å². The molecule has 1 unspecified atom stereocenters. The Labute approximate surface area is 116 Å². The Hall–Kier alpha value is -1.66. The molecule has 0 spiro atoms. The third-order valence-corrected chi connectivity index (χ3v) is 2.90. The summed E-state index contributed by atoms with van der Waals surface area (Å²) in [5, 5.41) is 12.3. The first-order valence-electron chi connectivity index (χ1n) is 6.05. The van der Waals surface area contributed by atoms with E-state index in [1.54, 1.807) is 16.8 Å². The van der Waals surface area contributed by atoms with Crippen molar-refractivity contribution >= 4 is 17.3 Å². The molecule has 0 fully saturated rings. The van der Waals surface area contributed by atoms with Gasteiger partial charge in [0, 0.05) is 22.9 Å². The minimum atomic E-state index is 0.0285. The first-order chi connectivity index (χ1) is 9.11. The van der Waals surface area contributed by atoms with Crippen LogP contribution in [0.4, 0.5) is 5.69 Å². The number of halogens is 1. The molecule has 0 radical (unpaired) electrons. The molecule has 0 saturated carbocycles. The van der Waals surface area contributed by atoms with Crippen molar-refractivity contribution < 1.29 is 4.74 Å². The third kappa shape index (κ3) is 3.21. The van der Waals surface area contributed by atoms with Crippen LogP contribution >= 0.6 is 11.6 Å². The van der Waals surface area contributed by atoms with Gasteiger partial charge < -0.3 is 10.5 Å². The summed E-state index contributed by atoms with van der Waals surface area (Å²) in [6, 6.07) is 5.26. The van der Waals surface area contributed by atoms with Crippen molar-refractivity contribution in [3.05, 3.63) is 23.2 Å². The maximum absolute atomic E-state index is 5.95. The summed E-state index contributed by atoms with van der Waals surface area (Å²) < 4.78 is 7.17. The number of hydrogen-bond donors (Lipinski definition) is 1. The van der Waals surface area contributed by atoms with Crippen molar-refractivity contribution in [1.29, 1.82) is 0 Å². The van der Waals surface area contributed by atoms with Crippen molar-refractivity contribution in [2.24, 2.45) is 0 Å². The Morgan fingerprint density at radius 1 is 1.47 bits per heavy atom. The van der Waals surface area contributed by atoms with Gasteiger partial charge in [-0.25, -0.2) is 4.68 Å². The molecule has 2 aromatic rings. The van der Waals surface area contributed by atoms with Crippen LogP contribution < -0.4 is 5.73 Å². The van der Waals surface area contributed by atoms with E-state index in [0.29, 0.717) is 29.7 Å². The van der Waals surface area contributed by atoms with Crippen LogP contribution in [0.25, 0.3) is 11.4 Å². The molecule has 0 bridgehead atoms. The first-order valence-corrected chi connectivity index (χ1v) is 6.42. The van der Waals surface area contributed by atoms with Gasteiger partial charge in [-0.2, -0.15) is 0 Å². The largest absolute Gasteiger partial charge is 0.398 e. The van der Waals surface area contributed by atoms with Gasteiger partial charge in [-0.1, -0.05) is 11.6 Å². The number of hydrogen-bond acceptors (Lipinski definition) is 5. The van der Waals surface area contributed by atoms with Crippen molar-refractivity contribution in [2.75, 3.05) is 12.3 Å². The van der Waals surface area contributed by atoms with E-state index in [9.17, 15) is 0 Å². The minimum Gasteiger partial charge on any atom is -0.398 e. The zero-order chi connectivity index (χ0) is 13.8. The summed E-state index contributed by atoms with van der Waals surface area (Å²) in [5.41, 5.74) is 7.26. The molecule has 1 heterocycles. The standard InChI is InChI=1S/C12H16ClN5O/c1-3-19-8(2)7-18-12(15-16-17-18)10-5-4-9(13)6-11(10)14/h4-6,8H,3,7,14H2,1-2H3. The van der Waals surface area contributed by atoms with Gasteiger partial charge in [-0.3, -0.25) is 0 Å². The van der Waals surface area contributed by atoms with E-state index in [-0.39, 0.29) is 6.10 Å². The first kappa shape index (κ1) is 13.8. The van der Waals surface area contributed by atoms with E-state index in [1.807, 2.05) is 19.9 Å². The molecule has 102 valence electrons. The smallest absolute Gasteiger partial charge is 0.184 e. The lowest BCUT2D eigenvalue weighted by molar-refractivity contribution is 0.0614. The van der Waals surface area contributed by atoms with Gasteiger partial charge >= 0.3 is 0 Å². The molecule has 1 atom stereocenters. The molecular weight excluding hydrogens is 266 g/mol. The van der Waals surface area contributed by atoms with E-state index in [2.05, 4.69) is 15.5 Å². The number of aromatic nitrogens is 4. The summed E-state index contributed by atoms with van der Waals surface area (Å²) in [5.74, 6) is 0.612. The second kappa shape index (κ2) is 5.99. The number of nitrogen functional groups attached to an aromatic ring is 1. The van der Waals surface area contributed by atoms with Crippen LogP contribution in [0.3, 0.4) is 0 Å². The van der Waals surface area contributed by atoms with E-state index >= 15 is 0 Å². The van der Waals surface area contributed by atoms with E-state index in [1.165, 1.54) is 0 Å². The molecule has 0 saturated heterocycles. The summed E-state index contributed by atoms with van der Waals surface area (Å²) in [6.45, 7) is 5.15. The van der Waals surface area contributed by atoms with E-state index in [4.69, 9.17) is 22.1 Å². The molecule has 1 aromatic heterocycles. The fourth-order valence-electron chi connectivity index (χ4n) is 1.84. The van der Waals surface area contributed by atoms with Crippen LogP contribution in [0.2, 0.25) is 5.02 Å². The molecule has 19 heavy (non-hydrogen) atoms. The second-order valence-electron chi connectivity index (χ2n) is 4.18. The Morgan fingerprint density at radius 2 is 2.26 bits per heavy atom. The summed E-state index contributed by atoms with van der Waals surface area (Å²) in [7, 11) is 0. The van der Waals surface area contributed by atoms with Crippen LogP contribution in [0.1, 0.15) is 13.8 Å². The highest BCUT2D eigenvalue weighted by molar-refractivity contribution is 6.31. The quantitative estimate of drug-likeness (QED) is 0.848. The number of rotatable bonds is 5. The lowest BCUT2D eigenvalue weighted by Gasteiger charge is -2.12. The molecule has 6 nitrogen and oxygen atoms in total. The highest BCUT2D eigenvalue weighted by Crippen LogP contribution is 2.26. The van der Waals surface area contributed by atoms with Crippen molar-refractivity contribution in [1.82, 2.24) is 20.2 Å². The molecule has 0 amide bonds. The summed E-state index contributed by atoms with van der Waals surface area (Å²) in [6.07, 6.45) is 0.0285. The molecular formula is C12H16ClN5O. The third-order valence-electron chi connectivity index (χ3n) is 2.67. The number of anilines is 1. The summed E-state index contributed by atoms with van der Waals surface area (Å²) in [4.78, 5) is 0. The van der Waals surface area contributed by atoms with Gasteiger partial charge in [-0.05, 0) is 42.5 Å². The molecule has 2 N–H and O–H groups in total. The number of nitrogens with two attached hydrogens (primary N) is 1. The Bertz CT molecular complexity index is 557. The van der Waals surface area contributed by atoms with Gasteiger partial charge in [0.25, 0.3) is 0 Å². The number of tetrazole rings is 1. The Balaban J connectivity index is 2.28. The molecule has 0 aliphatic carbocycles. The van der Waals surface area contributed by atoms with E-state index < -0.39 is 0 Å². The average Bonchev–Trinajstić information content (AvgIpc) is 2.77. The lowest BCUT2D eigenvalue weighted by atomic mass is 10.1. The van der Waals surface area contributed by atoms with Crippen LogP contribution in [0.15, 0.2) is 18.2 Å². The van der Waals surface area contributed by atoms with Gasteiger partial charge in [0.05, 0.1) is 12.6 Å². The summed E-state index contributed by atoms with van der Waals surface area (Å²) >= 11 is 5.89. The zero-order valence-corrected chi connectivity index (χ0v) is 11.6. The van der Waals surface area contributed by atoms with Crippen LogP contribution in [0, 0.1) is 0 Å². The van der Waals surface area contributed by atoms with Crippen molar-refractivity contribution in [3.63, 3.8) is 0 Å². The minimum absolute atomic E-state index is 0.0285. The highest BCUT2D eigenvalue weighted by Gasteiger charge is 2.14. The molecule has 7 heteroatoms. The monoisotopic (exact) mass is 281 g/mol. The Morgan fingerprint density at radius 3 is 2.95 bits per heavy atom. The predicted octanol–water partition coefficient (Wildman–Crippen LogP) is 2.00. The molecule has 0 aliphatic rings. The second-order valence-corrected chi connectivity index (χ2v) is 4.62. The fraction of sp³-hybridized carbons (Fsp3) is 0.417.